The molecule has 6 nitrogen and oxygen atoms in total. The summed E-state index contributed by atoms with van der Waals surface area (Å²) in [7, 11) is 0. The zero-order chi connectivity index (χ0) is 28.5. The fourth-order valence-corrected chi connectivity index (χ4v) is 5.77. The molecule has 4 aromatic carbocycles. The van der Waals surface area contributed by atoms with Crippen LogP contribution >= 0.6 is 0 Å². The third kappa shape index (κ3) is 5.20. The lowest BCUT2D eigenvalue weighted by Crippen LogP contribution is -2.34. The molecule has 8 heteroatoms. The Morgan fingerprint density at radius 2 is 1.63 bits per heavy atom. The van der Waals surface area contributed by atoms with Crippen molar-refractivity contribution >= 4 is 40.1 Å². The van der Waals surface area contributed by atoms with E-state index in [1.165, 1.54) is 29.3 Å². The molecule has 4 aromatic rings. The summed E-state index contributed by atoms with van der Waals surface area (Å²) in [5.41, 5.74) is 10.1. The SMILES string of the molecule is Nc1cccc2cccc(C(=O)OCC(=O)N3N=C4C(=Cc5ccc(F)cc5)CCCC4C3c3ccc(F)cc3)c12. The van der Waals surface area contributed by atoms with Gasteiger partial charge >= 0.3 is 5.97 Å². The number of benzene rings is 4. The maximum Gasteiger partial charge on any atom is 0.339 e. The third-order valence-electron chi connectivity index (χ3n) is 7.66. The summed E-state index contributed by atoms with van der Waals surface area (Å²) in [4.78, 5) is 26.7. The molecule has 206 valence electrons. The fourth-order valence-electron chi connectivity index (χ4n) is 5.77. The highest BCUT2D eigenvalue weighted by Gasteiger charge is 2.44. The van der Waals surface area contributed by atoms with Gasteiger partial charge in [0, 0.05) is 17.0 Å². The van der Waals surface area contributed by atoms with Crippen molar-refractivity contribution in [2.24, 2.45) is 11.0 Å². The Bertz CT molecular complexity index is 1690. The minimum Gasteiger partial charge on any atom is -0.452 e. The molecule has 0 aromatic heterocycles. The van der Waals surface area contributed by atoms with Gasteiger partial charge in [0.25, 0.3) is 5.91 Å². The van der Waals surface area contributed by atoms with Gasteiger partial charge in [-0.2, -0.15) is 5.10 Å². The number of hydrogen-bond acceptors (Lipinski definition) is 5. The second-order valence-corrected chi connectivity index (χ2v) is 10.3. The summed E-state index contributed by atoms with van der Waals surface area (Å²) >= 11 is 0. The number of amides is 1. The minimum absolute atomic E-state index is 0.126. The van der Waals surface area contributed by atoms with E-state index >= 15 is 0 Å². The van der Waals surface area contributed by atoms with Gasteiger partial charge in [-0.3, -0.25) is 4.79 Å². The molecular formula is C33H27F2N3O3. The van der Waals surface area contributed by atoms with Gasteiger partial charge in [-0.15, -0.1) is 0 Å². The molecule has 2 atom stereocenters. The Morgan fingerprint density at radius 1 is 0.951 bits per heavy atom. The van der Waals surface area contributed by atoms with Crippen LogP contribution in [0.2, 0.25) is 0 Å². The first-order valence-electron chi connectivity index (χ1n) is 13.5. The lowest BCUT2D eigenvalue weighted by Gasteiger charge is -2.29. The topological polar surface area (TPSA) is 85.0 Å². The van der Waals surface area contributed by atoms with Crippen LogP contribution in [-0.2, 0) is 9.53 Å². The smallest absolute Gasteiger partial charge is 0.339 e. The first kappa shape index (κ1) is 26.4. The predicted molar refractivity (Wildman–Crippen MR) is 154 cm³/mol. The normalized spacial score (nSPS) is 19.2. The zero-order valence-corrected chi connectivity index (χ0v) is 22.1. The number of fused-ring (bicyclic) bond motifs is 2. The molecule has 0 saturated heterocycles. The van der Waals surface area contributed by atoms with Gasteiger partial charge in [0.05, 0.1) is 17.3 Å². The summed E-state index contributed by atoms with van der Waals surface area (Å²) < 4.78 is 32.7. The summed E-state index contributed by atoms with van der Waals surface area (Å²) in [5, 5.41) is 7.47. The van der Waals surface area contributed by atoms with Gasteiger partial charge in [-0.05, 0) is 83.8 Å². The van der Waals surface area contributed by atoms with E-state index in [4.69, 9.17) is 15.6 Å². The van der Waals surface area contributed by atoms with Crippen LogP contribution in [0.1, 0.15) is 46.8 Å². The van der Waals surface area contributed by atoms with Crippen LogP contribution in [0.15, 0.2) is 95.6 Å². The standard InChI is InChI=1S/C33H27F2N3O3/c34-24-14-10-20(11-15-24)18-23-6-2-8-27-31(23)37-38(32(27)22-12-16-25(35)17-13-22)29(39)19-41-33(40)26-7-1-4-21-5-3-9-28(36)30(21)26/h1,3-5,7,9-18,27,32H,2,6,8,19,36H2. The molecule has 1 saturated carbocycles. The van der Waals surface area contributed by atoms with Crippen LogP contribution in [0.4, 0.5) is 14.5 Å². The van der Waals surface area contributed by atoms with Crippen LogP contribution in [0, 0.1) is 17.6 Å². The maximum absolute atomic E-state index is 13.8. The van der Waals surface area contributed by atoms with E-state index in [-0.39, 0.29) is 23.1 Å². The van der Waals surface area contributed by atoms with Gasteiger partial charge in [0.15, 0.2) is 6.61 Å². The average molecular weight is 552 g/mol. The Kier molecular flexibility index (Phi) is 7.05. The monoisotopic (exact) mass is 551 g/mol. The molecule has 0 bridgehead atoms. The zero-order valence-electron chi connectivity index (χ0n) is 22.1. The molecule has 41 heavy (non-hydrogen) atoms. The number of esters is 1. The Hall–Kier alpha value is -4.85. The summed E-state index contributed by atoms with van der Waals surface area (Å²) in [6.07, 6.45) is 4.36. The fraction of sp³-hybridized carbons (Fsp3) is 0.182. The lowest BCUT2D eigenvalue weighted by atomic mass is 9.77. The second kappa shape index (κ2) is 11.0. The van der Waals surface area contributed by atoms with Gasteiger partial charge in [0.1, 0.15) is 11.6 Å². The van der Waals surface area contributed by atoms with Crippen molar-refractivity contribution in [2.75, 3.05) is 12.3 Å². The Labute approximate surface area is 235 Å². The number of hydrazone groups is 1. The van der Waals surface area contributed by atoms with Crippen LogP contribution in [0.3, 0.4) is 0 Å². The van der Waals surface area contributed by atoms with Gasteiger partial charge in [-0.1, -0.05) is 48.5 Å². The highest BCUT2D eigenvalue weighted by molar-refractivity contribution is 6.10. The van der Waals surface area contributed by atoms with Crippen molar-refractivity contribution in [1.29, 1.82) is 0 Å². The van der Waals surface area contributed by atoms with Crippen molar-refractivity contribution < 1.29 is 23.1 Å². The minimum atomic E-state index is -0.665. The van der Waals surface area contributed by atoms with E-state index in [0.717, 1.165) is 47.1 Å². The highest BCUT2D eigenvalue weighted by atomic mass is 19.1. The first-order valence-corrected chi connectivity index (χ1v) is 13.5. The van der Waals surface area contributed by atoms with E-state index in [9.17, 15) is 18.4 Å². The van der Waals surface area contributed by atoms with Crippen molar-refractivity contribution in [3.05, 3.63) is 119 Å². The van der Waals surface area contributed by atoms with Crippen molar-refractivity contribution in [2.45, 2.75) is 25.3 Å². The largest absolute Gasteiger partial charge is 0.452 e. The Balaban J connectivity index is 1.30. The van der Waals surface area contributed by atoms with Crippen LogP contribution in [-0.4, -0.2) is 29.2 Å². The third-order valence-corrected chi connectivity index (χ3v) is 7.66. The number of nitrogens with zero attached hydrogens (tertiary/aromatic N) is 2. The van der Waals surface area contributed by atoms with Crippen molar-refractivity contribution in [3.8, 4) is 0 Å². The molecule has 0 radical (unpaired) electrons. The number of hydrogen-bond donors (Lipinski definition) is 1. The van der Waals surface area contributed by atoms with E-state index in [1.807, 2.05) is 18.2 Å². The lowest BCUT2D eigenvalue weighted by molar-refractivity contribution is -0.137. The van der Waals surface area contributed by atoms with Gasteiger partial charge < -0.3 is 10.5 Å². The summed E-state index contributed by atoms with van der Waals surface area (Å²) in [6, 6.07) is 22.3. The van der Waals surface area contributed by atoms with E-state index in [1.54, 1.807) is 48.5 Å². The van der Waals surface area contributed by atoms with Crippen molar-refractivity contribution in [1.82, 2.24) is 5.01 Å². The van der Waals surface area contributed by atoms with E-state index in [2.05, 4.69) is 0 Å². The average Bonchev–Trinajstić information content (AvgIpc) is 3.38. The number of nitrogen functional groups attached to an aromatic ring is 1. The summed E-state index contributed by atoms with van der Waals surface area (Å²) in [5.74, 6) is -1.99. The molecule has 2 unspecified atom stereocenters. The molecule has 6 rings (SSSR count). The number of allylic oxidation sites excluding steroid dienone is 1. The molecule has 2 N–H and O–H groups in total. The van der Waals surface area contributed by atoms with Crippen LogP contribution in [0.5, 0.6) is 0 Å². The predicted octanol–water partition coefficient (Wildman–Crippen LogP) is 6.68. The number of nitrogens with two attached hydrogens (primary N) is 1. The maximum atomic E-state index is 13.8. The molecule has 0 spiro atoms. The van der Waals surface area contributed by atoms with E-state index < -0.39 is 24.5 Å². The quantitative estimate of drug-likeness (QED) is 0.222. The molecule has 1 aliphatic carbocycles. The number of rotatable bonds is 5. The van der Waals surface area contributed by atoms with Crippen molar-refractivity contribution in [3.63, 3.8) is 0 Å². The van der Waals surface area contributed by atoms with E-state index in [0.29, 0.717) is 11.1 Å². The highest BCUT2D eigenvalue weighted by Crippen LogP contribution is 2.44. The Morgan fingerprint density at radius 3 is 2.37 bits per heavy atom. The van der Waals surface area contributed by atoms with Gasteiger partial charge in [0.2, 0.25) is 0 Å². The number of ether oxygens (including phenoxy) is 1. The number of anilines is 1. The molecule has 1 heterocycles. The molecule has 1 aliphatic heterocycles. The number of carbonyl (C=O) groups is 2. The molecule has 1 amide bonds. The second-order valence-electron chi connectivity index (χ2n) is 10.3. The number of halogens is 2. The summed E-state index contributed by atoms with van der Waals surface area (Å²) in [6.45, 7) is -0.528. The first-order chi connectivity index (χ1) is 19.9. The molecule has 1 fully saturated rings. The van der Waals surface area contributed by atoms with Crippen LogP contribution < -0.4 is 5.73 Å². The number of carbonyl (C=O) groups excluding carboxylic acids is 2. The molecular weight excluding hydrogens is 524 g/mol. The van der Waals surface area contributed by atoms with Gasteiger partial charge in [-0.25, -0.2) is 18.6 Å². The molecule has 2 aliphatic rings. The van der Waals surface area contributed by atoms with Crippen LogP contribution in [0.25, 0.3) is 16.8 Å².